The van der Waals surface area contributed by atoms with E-state index in [2.05, 4.69) is 0 Å². The molecule has 1 rings (SSSR count). The summed E-state index contributed by atoms with van der Waals surface area (Å²) >= 11 is 0. The average molecular weight is 283 g/mol. The van der Waals surface area contributed by atoms with Gasteiger partial charge in [0.2, 0.25) is 0 Å². The van der Waals surface area contributed by atoms with Crippen LogP contribution in [-0.2, 0) is 12.6 Å². The first-order valence-corrected chi connectivity index (χ1v) is 3.89. The summed E-state index contributed by atoms with van der Waals surface area (Å²) in [4.78, 5) is 0. The number of halogens is 4. The Morgan fingerprint density at radius 3 is 2.27 bits per heavy atom. The van der Waals surface area contributed by atoms with Crippen molar-refractivity contribution >= 4 is 22.8 Å². The third-order valence-electron chi connectivity index (χ3n) is 1.70. The van der Waals surface area contributed by atoms with Gasteiger partial charge in [0, 0.05) is 6.42 Å². The lowest BCUT2D eigenvalue weighted by atomic mass is 10.0. The highest BCUT2D eigenvalue weighted by molar-refractivity contribution is 8.93. The van der Waals surface area contributed by atoms with Crippen LogP contribution in [0.25, 0.3) is 0 Å². The number of nitrogens with one attached hydrogen (secondary N) is 1. The maximum Gasteiger partial charge on any atom is 0.416 e. The maximum absolute atomic E-state index is 12.4. The van der Waals surface area contributed by atoms with Crippen LogP contribution in [0.2, 0.25) is 0 Å². The second kappa shape index (κ2) is 5.16. The summed E-state index contributed by atoms with van der Waals surface area (Å²) in [5.74, 6) is -0.276. The molecule has 84 valence electrons. The molecule has 15 heavy (non-hydrogen) atoms. The fourth-order valence-corrected chi connectivity index (χ4v) is 1.16. The van der Waals surface area contributed by atoms with E-state index in [1.54, 1.807) is 0 Å². The standard InChI is InChI=1S/C9H9F3N2.BrH/c10-9(11,12)7-4-2-1-3-6(7)5-8(13)14;/h1-4H,5H2,(H3,13,14);1H. The van der Waals surface area contributed by atoms with Crippen LogP contribution in [0.4, 0.5) is 13.2 Å². The van der Waals surface area contributed by atoms with Gasteiger partial charge in [0.15, 0.2) is 0 Å². The normalized spacial score (nSPS) is 10.6. The minimum absolute atomic E-state index is 0. The summed E-state index contributed by atoms with van der Waals surface area (Å²) in [7, 11) is 0. The number of nitrogens with two attached hydrogens (primary N) is 1. The van der Waals surface area contributed by atoms with E-state index in [9.17, 15) is 13.2 Å². The predicted molar refractivity (Wildman–Crippen MR) is 57.4 cm³/mol. The highest BCUT2D eigenvalue weighted by atomic mass is 79.9. The van der Waals surface area contributed by atoms with Crippen LogP contribution in [-0.4, -0.2) is 5.84 Å². The van der Waals surface area contributed by atoms with Gasteiger partial charge in [0.1, 0.15) is 0 Å². The van der Waals surface area contributed by atoms with Gasteiger partial charge in [-0.05, 0) is 11.6 Å². The van der Waals surface area contributed by atoms with Crippen molar-refractivity contribution in [2.45, 2.75) is 12.6 Å². The number of hydrogen-bond acceptors (Lipinski definition) is 1. The number of alkyl halides is 3. The molecule has 0 aliphatic heterocycles. The van der Waals surface area contributed by atoms with Gasteiger partial charge in [0.25, 0.3) is 0 Å². The van der Waals surface area contributed by atoms with Crippen LogP contribution < -0.4 is 5.73 Å². The summed E-state index contributed by atoms with van der Waals surface area (Å²) in [6.07, 6.45) is -4.55. The molecule has 0 saturated heterocycles. The molecule has 0 amide bonds. The Balaban J connectivity index is 0.00000196. The van der Waals surface area contributed by atoms with Gasteiger partial charge in [-0.25, -0.2) is 0 Å². The molecule has 1 aromatic rings. The molecule has 0 atom stereocenters. The molecule has 0 aliphatic rings. The van der Waals surface area contributed by atoms with Crippen LogP contribution in [0.15, 0.2) is 24.3 Å². The molecule has 0 unspecified atom stereocenters. The fraction of sp³-hybridized carbons (Fsp3) is 0.222. The van der Waals surface area contributed by atoms with Gasteiger partial charge in [0.05, 0.1) is 11.4 Å². The van der Waals surface area contributed by atoms with Crippen LogP contribution in [0, 0.1) is 5.41 Å². The molecular formula is C9H10BrF3N2. The molecular weight excluding hydrogens is 273 g/mol. The minimum atomic E-state index is -4.38. The zero-order valence-electron chi connectivity index (χ0n) is 7.64. The Morgan fingerprint density at radius 2 is 1.80 bits per heavy atom. The Labute approximate surface area is 95.6 Å². The lowest BCUT2D eigenvalue weighted by Crippen LogP contribution is -2.17. The second-order valence-electron chi connectivity index (χ2n) is 2.86. The smallest absolute Gasteiger partial charge is 0.387 e. The van der Waals surface area contributed by atoms with Crippen molar-refractivity contribution in [1.82, 2.24) is 0 Å². The van der Waals surface area contributed by atoms with Crippen molar-refractivity contribution in [1.29, 1.82) is 5.41 Å². The van der Waals surface area contributed by atoms with E-state index in [1.165, 1.54) is 18.2 Å². The second-order valence-corrected chi connectivity index (χ2v) is 2.86. The Bertz CT molecular complexity index is 349. The van der Waals surface area contributed by atoms with Crippen molar-refractivity contribution < 1.29 is 13.2 Å². The SMILES string of the molecule is Br.N=C(N)Cc1ccccc1C(F)(F)F. The molecule has 0 heterocycles. The lowest BCUT2D eigenvalue weighted by Gasteiger charge is -2.11. The summed E-state index contributed by atoms with van der Waals surface area (Å²) < 4.78 is 37.2. The molecule has 1 aromatic carbocycles. The summed E-state index contributed by atoms with van der Waals surface area (Å²) in [6.45, 7) is 0. The predicted octanol–water partition coefficient (Wildman–Crippen LogP) is 2.76. The third kappa shape index (κ3) is 3.91. The van der Waals surface area contributed by atoms with E-state index in [1.807, 2.05) is 0 Å². The van der Waals surface area contributed by atoms with Crippen LogP contribution in [0.3, 0.4) is 0 Å². The van der Waals surface area contributed by atoms with Crippen LogP contribution in [0.1, 0.15) is 11.1 Å². The first-order valence-electron chi connectivity index (χ1n) is 3.89. The third-order valence-corrected chi connectivity index (χ3v) is 1.70. The number of hydrogen-bond donors (Lipinski definition) is 2. The van der Waals surface area contributed by atoms with E-state index in [0.29, 0.717) is 0 Å². The zero-order valence-corrected chi connectivity index (χ0v) is 9.35. The fourth-order valence-electron chi connectivity index (χ4n) is 1.16. The van der Waals surface area contributed by atoms with E-state index in [0.717, 1.165) is 6.07 Å². The van der Waals surface area contributed by atoms with Crippen LogP contribution >= 0.6 is 17.0 Å². The van der Waals surface area contributed by atoms with Crippen molar-refractivity contribution in [3.05, 3.63) is 35.4 Å². The van der Waals surface area contributed by atoms with E-state index >= 15 is 0 Å². The van der Waals surface area contributed by atoms with Gasteiger partial charge in [-0.2, -0.15) is 13.2 Å². The van der Waals surface area contributed by atoms with Gasteiger partial charge < -0.3 is 5.73 Å². The zero-order chi connectivity index (χ0) is 10.8. The Morgan fingerprint density at radius 1 is 1.27 bits per heavy atom. The molecule has 3 N–H and O–H groups in total. The Kier molecular flexibility index (Phi) is 4.80. The van der Waals surface area contributed by atoms with Gasteiger partial charge in [-0.3, -0.25) is 5.41 Å². The monoisotopic (exact) mass is 282 g/mol. The van der Waals surface area contributed by atoms with E-state index in [-0.39, 0.29) is 34.8 Å². The average Bonchev–Trinajstić information content (AvgIpc) is 2.01. The summed E-state index contributed by atoms with van der Waals surface area (Å²) in [5, 5.41) is 6.94. The minimum Gasteiger partial charge on any atom is -0.387 e. The van der Waals surface area contributed by atoms with Gasteiger partial charge in [-0.15, -0.1) is 17.0 Å². The lowest BCUT2D eigenvalue weighted by molar-refractivity contribution is -0.138. The number of rotatable bonds is 2. The van der Waals surface area contributed by atoms with Crippen molar-refractivity contribution in [3.8, 4) is 0 Å². The van der Waals surface area contributed by atoms with Gasteiger partial charge >= 0.3 is 6.18 Å². The molecule has 2 nitrogen and oxygen atoms in total. The number of benzene rings is 1. The van der Waals surface area contributed by atoms with Crippen molar-refractivity contribution in [3.63, 3.8) is 0 Å². The van der Waals surface area contributed by atoms with Crippen molar-refractivity contribution in [2.75, 3.05) is 0 Å². The highest BCUT2D eigenvalue weighted by Crippen LogP contribution is 2.31. The molecule has 6 heteroatoms. The molecule has 0 aliphatic carbocycles. The van der Waals surface area contributed by atoms with Gasteiger partial charge in [-0.1, -0.05) is 18.2 Å². The number of amidine groups is 1. The van der Waals surface area contributed by atoms with Crippen molar-refractivity contribution in [2.24, 2.45) is 5.73 Å². The van der Waals surface area contributed by atoms with Crippen LogP contribution in [0.5, 0.6) is 0 Å². The Hall–Kier alpha value is -1.04. The molecule has 0 spiro atoms. The molecule has 0 fully saturated rings. The quantitative estimate of drug-likeness (QED) is 0.636. The van der Waals surface area contributed by atoms with E-state index < -0.39 is 11.7 Å². The first-order chi connectivity index (χ1) is 6.41. The molecule has 0 radical (unpaired) electrons. The first kappa shape index (κ1) is 14.0. The maximum atomic E-state index is 12.4. The highest BCUT2D eigenvalue weighted by Gasteiger charge is 2.32. The van der Waals surface area contributed by atoms with E-state index in [4.69, 9.17) is 11.1 Å². The molecule has 0 saturated carbocycles. The summed E-state index contributed by atoms with van der Waals surface area (Å²) in [6, 6.07) is 5.11. The molecule has 0 aromatic heterocycles. The topological polar surface area (TPSA) is 49.9 Å². The largest absolute Gasteiger partial charge is 0.416 e. The molecule has 0 bridgehead atoms. The summed E-state index contributed by atoms with van der Waals surface area (Å²) in [5.41, 5.74) is 4.36.